The summed E-state index contributed by atoms with van der Waals surface area (Å²) in [5, 5.41) is 14.9. The summed E-state index contributed by atoms with van der Waals surface area (Å²) in [6.07, 6.45) is 1.85. The van der Waals surface area contributed by atoms with Gasteiger partial charge in [-0.25, -0.2) is 4.79 Å². The van der Waals surface area contributed by atoms with E-state index >= 15 is 0 Å². The molecule has 0 bridgehead atoms. The number of amides is 2. The Hall–Kier alpha value is -3.35. The predicted molar refractivity (Wildman–Crippen MR) is 128 cm³/mol. The fraction of sp³-hybridized carbons (Fsp3) is 0.444. The van der Waals surface area contributed by atoms with Crippen molar-refractivity contribution in [1.29, 1.82) is 0 Å². The Morgan fingerprint density at radius 1 is 1.00 bits per heavy atom. The van der Waals surface area contributed by atoms with Crippen LogP contribution in [0.2, 0.25) is 0 Å². The number of carboxylic acids is 1. The van der Waals surface area contributed by atoms with E-state index in [1.54, 1.807) is 13.8 Å². The van der Waals surface area contributed by atoms with Gasteiger partial charge in [-0.05, 0) is 61.8 Å². The number of carbonyl (C=O) groups is 3. The van der Waals surface area contributed by atoms with E-state index in [-0.39, 0.29) is 30.4 Å². The van der Waals surface area contributed by atoms with Gasteiger partial charge in [0, 0.05) is 24.4 Å². The lowest BCUT2D eigenvalue weighted by molar-refractivity contribution is -0.147. The summed E-state index contributed by atoms with van der Waals surface area (Å²) in [5.41, 5.74) is 3.82. The van der Waals surface area contributed by atoms with Gasteiger partial charge in [0.15, 0.2) is 0 Å². The lowest BCUT2D eigenvalue weighted by atomic mass is 9.89. The molecule has 0 aromatic heterocycles. The molecular formula is C27H32N2O5. The van der Waals surface area contributed by atoms with Crippen LogP contribution in [0.1, 0.15) is 56.6 Å². The molecule has 34 heavy (non-hydrogen) atoms. The number of nitrogens with one attached hydrogen (secondary N) is 2. The number of rotatable bonds is 8. The fourth-order valence-corrected chi connectivity index (χ4v) is 4.91. The summed E-state index contributed by atoms with van der Waals surface area (Å²) < 4.78 is 5.62. The van der Waals surface area contributed by atoms with Crippen LogP contribution in [-0.4, -0.2) is 42.3 Å². The number of benzene rings is 2. The number of hydrogen-bond donors (Lipinski definition) is 3. The monoisotopic (exact) mass is 464 g/mol. The van der Waals surface area contributed by atoms with Crippen LogP contribution >= 0.6 is 0 Å². The maximum absolute atomic E-state index is 12.5. The summed E-state index contributed by atoms with van der Waals surface area (Å²) >= 11 is 0. The molecule has 1 fully saturated rings. The first-order valence-corrected chi connectivity index (χ1v) is 11.9. The van der Waals surface area contributed by atoms with E-state index < -0.39 is 17.5 Å². The van der Waals surface area contributed by atoms with Gasteiger partial charge in [-0.1, -0.05) is 48.5 Å². The summed E-state index contributed by atoms with van der Waals surface area (Å²) in [5.74, 6) is -1.14. The van der Waals surface area contributed by atoms with Crippen molar-refractivity contribution in [3.8, 4) is 11.1 Å². The first kappa shape index (κ1) is 23.8. The molecule has 1 saturated carbocycles. The van der Waals surface area contributed by atoms with E-state index in [0.29, 0.717) is 32.2 Å². The molecule has 7 heteroatoms. The highest BCUT2D eigenvalue weighted by atomic mass is 16.5. The van der Waals surface area contributed by atoms with Gasteiger partial charge in [0.25, 0.3) is 0 Å². The number of carboxylic acid groups (broad SMARTS) is 1. The van der Waals surface area contributed by atoms with Crippen molar-refractivity contribution in [2.24, 2.45) is 11.3 Å². The molecule has 0 aliphatic heterocycles. The predicted octanol–water partition coefficient (Wildman–Crippen LogP) is 4.31. The molecule has 0 radical (unpaired) electrons. The Balaban J connectivity index is 1.24. The molecule has 0 spiro atoms. The minimum absolute atomic E-state index is 0.00954. The van der Waals surface area contributed by atoms with E-state index in [0.717, 1.165) is 0 Å². The number of alkyl carbamates (subject to hydrolysis) is 1. The van der Waals surface area contributed by atoms with E-state index in [2.05, 4.69) is 34.9 Å². The van der Waals surface area contributed by atoms with E-state index in [1.807, 2.05) is 24.3 Å². The van der Waals surface area contributed by atoms with Crippen molar-refractivity contribution < 1.29 is 24.2 Å². The van der Waals surface area contributed by atoms with Gasteiger partial charge in [-0.3, -0.25) is 9.59 Å². The summed E-state index contributed by atoms with van der Waals surface area (Å²) in [6.45, 7) is 3.87. The molecule has 2 atom stereocenters. The van der Waals surface area contributed by atoms with Crippen molar-refractivity contribution >= 4 is 18.0 Å². The molecule has 4 rings (SSSR count). The van der Waals surface area contributed by atoms with Crippen LogP contribution in [0.5, 0.6) is 0 Å². The van der Waals surface area contributed by atoms with Crippen LogP contribution in [0.25, 0.3) is 11.1 Å². The fourth-order valence-electron chi connectivity index (χ4n) is 4.91. The third kappa shape index (κ3) is 5.08. The molecule has 3 N–H and O–H groups in total. The second-order valence-corrected chi connectivity index (χ2v) is 9.91. The van der Waals surface area contributed by atoms with Crippen LogP contribution < -0.4 is 10.6 Å². The summed E-state index contributed by atoms with van der Waals surface area (Å²) in [6, 6.07) is 16.3. The largest absolute Gasteiger partial charge is 0.481 e. The Morgan fingerprint density at radius 2 is 1.62 bits per heavy atom. The quantitative estimate of drug-likeness (QED) is 0.540. The highest BCUT2D eigenvalue weighted by molar-refractivity contribution is 5.80. The van der Waals surface area contributed by atoms with Crippen molar-refractivity contribution in [2.45, 2.75) is 51.5 Å². The molecule has 180 valence electrons. The zero-order valence-corrected chi connectivity index (χ0v) is 19.7. The molecule has 2 aliphatic carbocycles. The standard InChI is InChI=1S/C27H32N2O5/c1-27(2,25(31)32)13-14-28-24(30)17-11-12-18(15-17)29-26(33)34-16-23-21-9-5-3-7-19(21)20-8-4-6-10-22(20)23/h3-10,17-18,23H,11-16H2,1-2H3,(H,28,30)(H,29,33)(H,31,32). The number of aliphatic carboxylic acids is 1. The molecule has 0 heterocycles. The van der Waals surface area contributed by atoms with Gasteiger partial charge < -0.3 is 20.5 Å². The van der Waals surface area contributed by atoms with E-state index in [9.17, 15) is 19.5 Å². The van der Waals surface area contributed by atoms with Crippen LogP contribution in [0.15, 0.2) is 48.5 Å². The maximum Gasteiger partial charge on any atom is 0.407 e. The molecule has 2 aromatic rings. The average molecular weight is 465 g/mol. The smallest absolute Gasteiger partial charge is 0.407 e. The summed E-state index contributed by atoms with van der Waals surface area (Å²) in [4.78, 5) is 36.2. The lowest BCUT2D eigenvalue weighted by Crippen LogP contribution is -2.37. The SMILES string of the molecule is CC(C)(CCNC(=O)C1CCC(NC(=O)OCC2c3ccccc3-c3ccccc32)C1)C(=O)O. The van der Waals surface area contributed by atoms with Gasteiger partial charge >= 0.3 is 12.1 Å². The molecule has 0 saturated heterocycles. The highest BCUT2D eigenvalue weighted by Crippen LogP contribution is 2.44. The van der Waals surface area contributed by atoms with Crippen molar-refractivity contribution in [2.75, 3.05) is 13.2 Å². The molecular weight excluding hydrogens is 432 g/mol. The van der Waals surface area contributed by atoms with E-state index in [4.69, 9.17) is 4.74 Å². The Labute approximate surface area is 199 Å². The zero-order chi connectivity index (χ0) is 24.3. The van der Waals surface area contributed by atoms with Gasteiger partial charge in [0.1, 0.15) is 6.61 Å². The topological polar surface area (TPSA) is 105 Å². The number of ether oxygens (including phenoxy) is 1. The third-order valence-corrected chi connectivity index (χ3v) is 7.10. The van der Waals surface area contributed by atoms with Crippen molar-refractivity contribution in [1.82, 2.24) is 10.6 Å². The van der Waals surface area contributed by atoms with Crippen molar-refractivity contribution in [3.05, 3.63) is 59.7 Å². The van der Waals surface area contributed by atoms with Crippen molar-refractivity contribution in [3.63, 3.8) is 0 Å². The first-order valence-electron chi connectivity index (χ1n) is 11.9. The Morgan fingerprint density at radius 3 is 2.24 bits per heavy atom. The highest BCUT2D eigenvalue weighted by Gasteiger charge is 2.33. The first-order chi connectivity index (χ1) is 16.3. The second-order valence-electron chi connectivity index (χ2n) is 9.91. The molecule has 2 aliphatic rings. The second kappa shape index (κ2) is 9.87. The number of fused-ring (bicyclic) bond motifs is 3. The number of carbonyl (C=O) groups excluding carboxylic acids is 2. The van der Waals surface area contributed by atoms with E-state index in [1.165, 1.54) is 22.3 Å². The molecule has 7 nitrogen and oxygen atoms in total. The lowest BCUT2D eigenvalue weighted by Gasteiger charge is -2.20. The Bertz CT molecular complexity index is 1030. The van der Waals surface area contributed by atoms with Crippen LogP contribution in [0.3, 0.4) is 0 Å². The summed E-state index contributed by atoms with van der Waals surface area (Å²) in [7, 11) is 0. The minimum Gasteiger partial charge on any atom is -0.481 e. The van der Waals surface area contributed by atoms with Crippen LogP contribution in [-0.2, 0) is 14.3 Å². The normalized spacial score (nSPS) is 19.2. The number of hydrogen-bond acceptors (Lipinski definition) is 4. The molecule has 2 amide bonds. The molecule has 2 aromatic carbocycles. The minimum atomic E-state index is -0.880. The van der Waals surface area contributed by atoms with Gasteiger partial charge in [-0.2, -0.15) is 0 Å². The van der Waals surface area contributed by atoms with Gasteiger partial charge in [-0.15, -0.1) is 0 Å². The maximum atomic E-state index is 12.5. The molecule has 2 unspecified atom stereocenters. The van der Waals surface area contributed by atoms with Gasteiger partial charge in [0.05, 0.1) is 5.41 Å². The third-order valence-electron chi connectivity index (χ3n) is 7.10. The van der Waals surface area contributed by atoms with Crippen LogP contribution in [0.4, 0.5) is 4.79 Å². The zero-order valence-electron chi connectivity index (χ0n) is 19.7. The Kier molecular flexibility index (Phi) is 6.91. The van der Waals surface area contributed by atoms with Gasteiger partial charge in [0.2, 0.25) is 5.91 Å². The van der Waals surface area contributed by atoms with Crippen LogP contribution in [0, 0.1) is 11.3 Å². The average Bonchev–Trinajstić information content (AvgIpc) is 3.40.